The van der Waals surface area contributed by atoms with Gasteiger partial charge in [-0.15, -0.1) is 0 Å². The maximum Gasteiger partial charge on any atom is 0.265 e. The number of amides is 1. The summed E-state index contributed by atoms with van der Waals surface area (Å²) in [5.41, 5.74) is 0.666. The van der Waals surface area contributed by atoms with Crippen molar-refractivity contribution in [1.29, 1.82) is 0 Å². The molecule has 1 N–H and O–H groups in total. The summed E-state index contributed by atoms with van der Waals surface area (Å²) in [5, 5.41) is 2.85. The number of rotatable bonds is 5. The Morgan fingerprint density at radius 2 is 1.85 bits per heavy atom. The number of aromatic nitrogens is 1. The molecule has 0 saturated carbocycles. The highest BCUT2D eigenvalue weighted by Crippen LogP contribution is 2.19. The first-order chi connectivity index (χ1) is 12.5. The quantitative estimate of drug-likeness (QED) is 0.808. The van der Waals surface area contributed by atoms with E-state index in [2.05, 4.69) is 43.1 Å². The van der Waals surface area contributed by atoms with Gasteiger partial charge >= 0.3 is 0 Å². The van der Waals surface area contributed by atoms with Crippen molar-refractivity contribution in [2.24, 2.45) is 0 Å². The topological polar surface area (TPSA) is 57.7 Å². The number of piperazine rings is 1. The Morgan fingerprint density at radius 1 is 1.15 bits per heavy atom. The van der Waals surface area contributed by atoms with E-state index in [1.54, 1.807) is 13.1 Å². The van der Waals surface area contributed by atoms with Crippen molar-refractivity contribution in [3.8, 4) is 5.75 Å². The van der Waals surface area contributed by atoms with E-state index in [0.717, 1.165) is 36.5 Å². The number of anilines is 2. The number of nitrogens with one attached hydrogen (secondary N) is 1. The zero-order chi connectivity index (χ0) is 18.5. The maximum atomic E-state index is 12.3. The van der Waals surface area contributed by atoms with Gasteiger partial charge < -0.3 is 19.9 Å². The lowest BCUT2D eigenvalue weighted by molar-refractivity contribution is -0.122. The van der Waals surface area contributed by atoms with Crippen LogP contribution in [0.2, 0.25) is 0 Å². The van der Waals surface area contributed by atoms with Crippen LogP contribution in [0.5, 0.6) is 5.75 Å². The van der Waals surface area contributed by atoms with E-state index in [1.807, 2.05) is 36.4 Å². The van der Waals surface area contributed by atoms with Crippen molar-refractivity contribution in [3.63, 3.8) is 0 Å². The third kappa shape index (κ3) is 4.95. The molecule has 2 heterocycles. The van der Waals surface area contributed by atoms with Crippen molar-refractivity contribution in [2.75, 3.05) is 43.4 Å². The van der Waals surface area contributed by atoms with Crippen molar-refractivity contribution < 1.29 is 9.53 Å². The maximum absolute atomic E-state index is 12.3. The zero-order valence-electron chi connectivity index (χ0n) is 15.0. The Kier molecular flexibility index (Phi) is 6.11. The Balaban J connectivity index is 1.54. The number of hydrogen-bond acceptors (Lipinski definition) is 5. The first-order valence-electron chi connectivity index (χ1n) is 8.64. The van der Waals surface area contributed by atoms with Crippen molar-refractivity contribution in [3.05, 3.63) is 47.1 Å². The van der Waals surface area contributed by atoms with Crippen LogP contribution in [-0.2, 0) is 4.79 Å². The monoisotopic (exact) mass is 418 g/mol. The Labute approximate surface area is 162 Å². The molecule has 7 heteroatoms. The van der Waals surface area contributed by atoms with Crippen LogP contribution in [-0.4, -0.2) is 55.1 Å². The number of ether oxygens (including phenoxy) is 1. The van der Waals surface area contributed by atoms with Crippen molar-refractivity contribution >= 4 is 33.3 Å². The lowest BCUT2D eigenvalue weighted by Gasteiger charge is -2.33. The molecular weight excluding hydrogens is 396 g/mol. The van der Waals surface area contributed by atoms with E-state index in [-0.39, 0.29) is 5.91 Å². The molecule has 0 bridgehead atoms. The number of nitrogens with zero attached hydrogens (tertiary/aromatic N) is 3. The largest absolute Gasteiger partial charge is 0.481 e. The summed E-state index contributed by atoms with van der Waals surface area (Å²) in [5.74, 6) is 1.39. The van der Waals surface area contributed by atoms with Gasteiger partial charge in [0.25, 0.3) is 5.91 Å². The van der Waals surface area contributed by atoms with Crippen LogP contribution in [0, 0.1) is 0 Å². The second-order valence-electron chi connectivity index (χ2n) is 6.40. The second kappa shape index (κ2) is 8.51. The molecule has 2 aromatic rings. The highest BCUT2D eigenvalue weighted by molar-refractivity contribution is 9.10. The molecule has 1 atom stereocenters. The van der Waals surface area contributed by atoms with Gasteiger partial charge in [-0.25, -0.2) is 4.98 Å². The molecule has 1 aliphatic heterocycles. The summed E-state index contributed by atoms with van der Waals surface area (Å²) in [4.78, 5) is 21.4. The lowest BCUT2D eigenvalue weighted by Crippen LogP contribution is -2.44. The van der Waals surface area contributed by atoms with Crippen molar-refractivity contribution in [1.82, 2.24) is 9.88 Å². The van der Waals surface area contributed by atoms with Crippen LogP contribution in [0.4, 0.5) is 11.5 Å². The smallest absolute Gasteiger partial charge is 0.265 e. The molecule has 6 nitrogen and oxygen atoms in total. The second-order valence-corrected chi connectivity index (χ2v) is 7.31. The predicted octanol–water partition coefficient (Wildman–Crippen LogP) is 3.00. The number of halogens is 1. The van der Waals surface area contributed by atoms with Crippen LogP contribution < -0.4 is 15.0 Å². The SMILES string of the molecule is C[C@@H](Oc1ccc(Br)cc1)C(=O)Nc1ccc(N2CCN(C)CC2)nc1. The van der Waals surface area contributed by atoms with Crippen molar-refractivity contribution in [2.45, 2.75) is 13.0 Å². The molecule has 26 heavy (non-hydrogen) atoms. The molecule has 1 aromatic carbocycles. The molecule has 0 radical (unpaired) electrons. The molecule has 1 saturated heterocycles. The van der Waals surface area contributed by atoms with Gasteiger partial charge in [0.15, 0.2) is 6.10 Å². The summed E-state index contributed by atoms with van der Waals surface area (Å²) >= 11 is 3.37. The standard InChI is InChI=1S/C19H23BrN4O2/c1-14(26-17-6-3-15(20)4-7-17)19(25)22-16-5-8-18(21-13-16)24-11-9-23(2)10-12-24/h3-8,13-14H,9-12H2,1-2H3,(H,22,25)/t14-/m1/s1. The third-order valence-corrected chi connectivity index (χ3v) is 4.87. The van der Waals surface area contributed by atoms with Gasteiger partial charge in [0, 0.05) is 30.7 Å². The number of pyridine rings is 1. The van der Waals surface area contributed by atoms with Crippen LogP contribution >= 0.6 is 15.9 Å². The molecule has 1 aromatic heterocycles. The van der Waals surface area contributed by atoms with E-state index in [4.69, 9.17) is 4.74 Å². The molecule has 0 aliphatic carbocycles. The van der Waals surface area contributed by atoms with E-state index in [9.17, 15) is 4.79 Å². The minimum absolute atomic E-state index is 0.206. The normalized spacial score (nSPS) is 16.2. The van der Waals surface area contributed by atoms with E-state index in [1.165, 1.54) is 0 Å². The van der Waals surface area contributed by atoms with E-state index < -0.39 is 6.10 Å². The first kappa shape index (κ1) is 18.7. The Morgan fingerprint density at radius 3 is 2.46 bits per heavy atom. The molecule has 0 spiro atoms. The third-order valence-electron chi connectivity index (χ3n) is 4.34. The average Bonchev–Trinajstić information content (AvgIpc) is 2.65. The van der Waals surface area contributed by atoms with Gasteiger partial charge in [-0.05, 0) is 50.4 Å². The fraction of sp³-hybridized carbons (Fsp3) is 0.368. The summed E-state index contributed by atoms with van der Waals surface area (Å²) < 4.78 is 6.63. The average molecular weight is 419 g/mol. The molecular formula is C19H23BrN4O2. The molecule has 138 valence electrons. The predicted molar refractivity (Wildman–Crippen MR) is 107 cm³/mol. The highest BCUT2D eigenvalue weighted by Gasteiger charge is 2.17. The minimum atomic E-state index is -0.603. The minimum Gasteiger partial charge on any atom is -0.481 e. The highest BCUT2D eigenvalue weighted by atomic mass is 79.9. The summed E-state index contributed by atoms with van der Waals surface area (Å²) in [6, 6.07) is 11.2. The first-order valence-corrected chi connectivity index (χ1v) is 9.43. The van der Waals surface area contributed by atoms with Gasteiger partial charge in [0.1, 0.15) is 11.6 Å². The fourth-order valence-corrected chi connectivity index (χ4v) is 2.96. The molecule has 1 aliphatic rings. The number of benzene rings is 1. The summed E-state index contributed by atoms with van der Waals surface area (Å²) in [7, 11) is 2.13. The van der Waals surface area contributed by atoms with Crippen LogP contribution in [0.1, 0.15) is 6.92 Å². The van der Waals surface area contributed by atoms with Gasteiger partial charge in [0.2, 0.25) is 0 Å². The van der Waals surface area contributed by atoms with Crippen LogP contribution in [0.3, 0.4) is 0 Å². The Bertz CT molecular complexity index is 728. The molecule has 0 unspecified atom stereocenters. The number of likely N-dealkylation sites (N-methyl/N-ethyl adjacent to an activating group) is 1. The van der Waals surface area contributed by atoms with Crippen LogP contribution in [0.25, 0.3) is 0 Å². The number of carbonyl (C=O) groups is 1. The number of hydrogen-bond donors (Lipinski definition) is 1. The Hall–Kier alpha value is -2.12. The molecule has 3 rings (SSSR count). The molecule has 1 amide bonds. The van der Waals surface area contributed by atoms with Crippen LogP contribution in [0.15, 0.2) is 47.1 Å². The van der Waals surface area contributed by atoms with Gasteiger partial charge in [0.05, 0.1) is 11.9 Å². The summed E-state index contributed by atoms with van der Waals surface area (Å²) in [6.07, 6.45) is 1.09. The zero-order valence-corrected chi connectivity index (χ0v) is 16.6. The van der Waals surface area contributed by atoms with Gasteiger partial charge in [-0.3, -0.25) is 4.79 Å². The number of carbonyl (C=O) groups excluding carboxylic acids is 1. The fourth-order valence-electron chi connectivity index (χ4n) is 2.70. The van der Waals surface area contributed by atoms with E-state index >= 15 is 0 Å². The van der Waals surface area contributed by atoms with Gasteiger partial charge in [-0.2, -0.15) is 0 Å². The lowest BCUT2D eigenvalue weighted by atomic mass is 10.3. The van der Waals surface area contributed by atoms with E-state index in [0.29, 0.717) is 11.4 Å². The molecule has 1 fully saturated rings. The van der Waals surface area contributed by atoms with Gasteiger partial charge in [-0.1, -0.05) is 15.9 Å². The summed E-state index contributed by atoms with van der Waals surface area (Å²) in [6.45, 7) is 5.72.